The van der Waals surface area contributed by atoms with Crippen molar-refractivity contribution in [2.24, 2.45) is 0 Å². The van der Waals surface area contributed by atoms with E-state index in [1.54, 1.807) is 21.2 Å². The number of rotatable bonds is 2. The average Bonchev–Trinajstić information content (AvgIpc) is 3.07. The number of carbonyl (C=O) groups excluding carboxylic acids is 2. The highest BCUT2D eigenvalue weighted by molar-refractivity contribution is 7.13. The minimum Gasteiger partial charge on any atom is -0.440 e. The average molecular weight is 355 g/mol. The van der Waals surface area contributed by atoms with E-state index in [0.29, 0.717) is 43.4 Å². The van der Waals surface area contributed by atoms with Crippen LogP contribution in [0.2, 0.25) is 5.22 Å². The van der Waals surface area contributed by atoms with Gasteiger partial charge >= 0.3 is 0 Å². The Labute approximate surface area is 141 Å². The quantitative estimate of drug-likeness (QED) is 0.889. The van der Waals surface area contributed by atoms with Crippen LogP contribution in [-0.4, -0.2) is 52.8 Å². The first-order valence-electron chi connectivity index (χ1n) is 7.09. The van der Waals surface area contributed by atoms with Crippen LogP contribution in [0.25, 0.3) is 0 Å². The van der Waals surface area contributed by atoms with Crippen LogP contribution in [0.1, 0.15) is 27.5 Å². The van der Waals surface area contributed by atoms with Gasteiger partial charge in [0.05, 0.1) is 0 Å². The topological polar surface area (TPSA) is 92.7 Å². The highest BCUT2D eigenvalue weighted by Crippen LogP contribution is 2.18. The Morgan fingerprint density at radius 2 is 1.87 bits per heavy atom. The van der Waals surface area contributed by atoms with Crippen LogP contribution < -0.4 is 5.73 Å². The summed E-state index contributed by atoms with van der Waals surface area (Å²) in [5, 5.41) is 2.20. The number of amides is 2. The minimum absolute atomic E-state index is 0.159. The smallest absolute Gasteiger partial charge is 0.289 e. The van der Waals surface area contributed by atoms with Crippen LogP contribution in [-0.2, 0) is 0 Å². The molecule has 122 valence electrons. The molecule has 0 bridgehead atoms. The first-order valence-corrected chi connectivity index (χ1v) is 8.35. The summed E-state index contributed by atoms with van der Waals surface area (Å²) in [5.41, 5.74) is 5.92. The summed E-state index contributed by atoms with van der Waals surface area (Å²) >= 11 is 6.94. The lowest BCUT2D eigenvalue weighted by molar-refractivity contribution is 0.0698. The standard InChI is InChI=1S/C14H15ClN4O3S/c15-11-3-2-10(22-11)13(21)19-5-1-4-18(6-7-19)12(20)9-8-23-14(16)17-9/h2-3,8H,1,4-7H2,(H2,16,17). The zero-order valence-corrected chi connectivity index (χ0v) is 13.8. The zero-order valence-electron chi connectivity index (χ0n) is 12.2. The molecule has 1 saturated heterocycles. The largest absolute Gasteiger partial charge is 0.440 e. The van der Waals surface area contributed by atoms with E-state index in [4.69, 9.17) is 21.8 Å². The van der Waals surface area contributed by atoms with Crippen LogP contribution >= 0.6 is 22.9 Å². The lowest BCUT2D eigenvalue weighted by Crippen LogP contribution is -2.37. The van der Waals surface area contributed by atoms with Gasteiger partial charge < -0.3 is 20.0 Å². The molecule has 0 unspecified atom stereocenters. The van der Waals surface area contributed by atoms with Crippen molar-refractivity contribution in [3.63, 3.8) is 0 Å². The van der Waals surface area contributed by atoms with Crippen LogP contribution in [0, 0.1) is 0 Å². The summed E-state index contributed by atoms with van der Waals surface area (Å²) in [6.07, 6.45) is 0.686. The minimum atomic E-state index is -0.218. The number of nitrogen functional groups attached to an aromatic ring is 1. The number of nitrogens with two attached hydrogens (primary N) is 1. The third kappa shape index (κ3) is 3.48. The highest BCUT2D eigenvalue weighted by atomic mass is 35.5. The van der Waals surface area contributed by atoms with E-state index in [9.17, 15) is 9.59 Å². The molecule has 2 amide bonds. The van der Waals surface area contributed by atoms with Gasteiger partial charge in [0, 0.05) is 31.6 Å². The second-order valence-corrected chi connectivity index (χ2v) is 6.37. The molecule has 2 aromatic heterocycles. The molecule has 0 aromatic carbocycles. The van der Waals surface area contributed by atoms with Gasteiger partial charge in [-0.05, 0) is 30.2 Å². The Bertz CT molecular complexity index is 669. The molecule has 7 nitrogen and oxygen atoms in total. The van der Waals surface area contributed by atoms with Gasteiger partial charge in [0.15, 0.2) is 16.1 Å². The fourth-order valence-corrected chi connectivity index (χ4v) is 3.14. The summed E-state index contributed by atoms with van der Waals surface area (Å²) in [7, 11) is 0. The number of nitrogens with zero attached hydrogens (tertiary/aromatic N) is 3. The molecular formula is C14H15ClN4O3S. The summed E-state index contributed by atoms with van der Waals surface area (Å²) in [5.74, 6) is -0.167. The molecule has 0 aliphatic carbocycles. The van der Waals surface area contributed by atoms with E-state index in [1.165, 1.54) is 17.4 Å². The Balaban J connectivity index is 1.65. The van der Waals surface area contributed by atoms with Crippen molar-refractivity contribution in [3.8, 4) is 0 Å². The Morgan fingerprint density at radius 3 is 2.43 bits per heavy atom. The van der Waals surface area contributed by atoms with Crippen molar-refractivity contribution < 1.29 is 14.0 Å². The van der Waals surface area contributed by atoms with Gasteiger partial charge in [-0.15, -0.1) is 11.3 Å². The number of hydrogen-bond acceptors (Lipinski definition) is 6. The monoisotopic (exact) mass is 354 g/mol. The molecule has 2 N–H and O–H groups in total. The van der Waals surface area contributed by atoms with E-state index >= 15 is 0 Å². The van der Waals surface area contributed by atoms with Gasteiger partial charge in [0.1, 0.15) is 5.69 Å². The van der Waals surface area contributed by atoms with Crippen LogP contribution in [0.15, 0.2) is 21.9 Å². The van der Waals surface area contributed by atoms with Gasteiger partial charge in [0.2, 0.25) is 0 Å². The van der Waals surface area contributed by atoms with Crippen molar-refractivity contribution in [3.05, 3.63) is 34.2 Å². The molecule has 0 saturated carbocycles. The fourth-order valence-electron chi connectivity index (χ4n) is 2.46. The molecule has 0 radical (unpaired) electrons. The Morgan fingerprint density at radius 1 is 1.17 bits per heavy atom. The van der Waals surface area contributed by atoms with Crippen LogP contribution in [0.3, 0.4) is 0 Å². The zero-order chi connectivity index (χ0) is 16.4. The van der Waals surface area contributed by atoms with E-state index in [2.05, 4.69) is 4.98 Å². The van der Waals surface area contributed by atoms with Crippen molar-refractivity contribution >= 4 is 39.9 Å². The van der Waals surface area contributed by atoms with Crippen molar-refractivity contribution in [1.82, 2.24) is 14.8 Å². The number of anilines is 1. The number of furan rings is 1. The molecule has 23 heavy (non-hydrogen) atoms. The van der Waals surface area contributed by atoms with Gasteiger partial charge in [0.25, 0.3) is 11.8 Å². The maximum Gasteiger partial charge on any atom is 0.289 e. The van der Waals surface area contributed by atoms with E-state index in [-0.39, 0.29) is 22.8 Å². The first kappa shape index (κ1) is 15.8. The molecule has 0 atom stereocenters. The van der Waals surface area contributed by atoms with Gasteiger partial charge in [-0.25, -0.2) is 4.98 Å². The van der Waals surface area contributed by atoms with Crippen molar-refractivity contribution in [1.29, 1.82) is 0 Å². The number of halogens is 1. The van der Waals surface area contributed by atoms with Crippen LogP contribution in [0.4, 0.5) is 5.13 Å². The Kier molecular flexibility index (Phi) is 4.53. The third-order valence-corrected chi connectivity index (χ3v) is 4.47. The molecule has 3 rings (SSSR count). The van der Waals surface area contributed by atoms with Crippen LogP contribution in [0.5, 0.6) is 0 Å². The highest BCUT2D eigenvalue weighted by Gasteiger charge is 2.25. The predicted molar refractivity (Wildman–Crippen MR) is 86.7 cm³/mol. The summed E-state index contributed by atoms with van der Waals surface area (Å²) in [4.78, 5) is 32.1. The molecule has 1 aliphatic heterocycles. The van der Waals surface area contributed by atoms with E-state index in [0.717, 1.165) is 0 Å². The van der Waals surface area contributed by atoms with Crippen molar-refractivity contribution in [2.75, 3.05) is 31.9 Å². The molecule has 1 aliphatic rings. The lowest BCUT2D eigenvalue weighted by Gasteiger charge is -2.21. The first-order chi connectivity index (χ1) is 11.0. The second-order valence-electron chi connectivity index (χ2n) is 5.11. The second kappa shape index (κ2) is 6.59. The third-order valence-electron chi connectivity index (χ3n) is 3.60. The van der Waals surface area contributed by atoms with Crippen molar-refractivity contribution in [2.45, 2.75) is 6.42 Å². The van der Waals surface area contributed by atoms with Gasteiger partial charge in [-0.2, -0.15) is 0 Å². The molecule has 1 fully saturated rings. The number of carbonyl (C=O) groups is 2. The van der Waals surface area contributed by atoms with Gasteiger partial charge in [-0.1, -0.05) is 0 Å². The molecular weight excluding hydrogens is 340 g/mol. The maximum absolute atomic E-state index is 12.4. The fraction of sp³-hybridized carbons (Fsp3) is 0.357. The number of aromatic nitrogens is 1. The maximum atomic E-state index is 12.4. The molecule has 0 spiro atoms. The molecule has 3 heterocycles. The Hall–Kier alpha value is -2.06. The van der Waals surface area contributed by atoms with E-state index in [1.807, 2.05) is 0 Å². The van der Waals surface area contributed by atoms with Gasteiger partial charge in [-0.3, -0.25) is 9.59 Å². The molecule has 2 aromatic rings. The number of thiazole rings is 1. The summed E-state index contributed by atoms with van der Waals surface area (Å²) in [6.45, 7) is 2.00. The predicted octanol–water partition coefficient (Wildman–Crippen LogP) is 1.96. The summed E-state index contributed by atoms with van der Waals surface area (Å²) in [6, 6.07) is 3.09. The normalized spacial score (nSPS) is 15.5. The number of hydrogen-bond donors (Lipinski definition) is 1. The summed E-state index contributed by atoms with van der Waals surface area (Å²) < 4.78 is 5.16. The molecule has 9 heteroatoms. The lowest BCUT2D eigenvalue weighted by atomic mass is 10.3. The SMILES string of the molecule is Nc1nc(C(=O)N2CCCN(C(=O)c3ccc(Cl)o3)CC2)cs1. The van der Waals surface area contributed by atoms with E-state index < -0.39 is 0 Å².